The molecule has 15 heavy (non-hydrogen) atoms. The summed E-state index contributed by atoms with van der Waals surface area (Å²) in [7, 11) is 0. The number of hydrogen-bond acceptors (Lipinski definition) is 2. The molecular weight excluding hydrogens is 212 g/mol. The van der Waals surface area contributed by atoms with Crippen LogP contribution >= 0.6 is 11.6 Å². The van der Waals surface area contributed by atoms with Crippen LogP contribution in [0.1, 0.15) is 19.4 Å². The van der Waals surface area contributed by atoms with Gasteiger partial charge in [-0.2, -0.15) is 0 Å². The summed E-state index contributed by atoms with van der Waals surface area (Å²) in [5.41, 5.74) is 0.608. The van der Waals surface area contributed by atoms with Gasteiger partial charge in [0.25, 0.3) is 0 Å². The Morgan fingerprint density at radius 1 is 1.33 bits per heavy atom. The highest BCUT2D eigenvalue weighted by atomic mass is 35.5. The monoisotopic (exact) mass is 222 g/mol. The predicted octanol–water partition coefficient (Wildman–Crippen LogP) is 3.01. The maximum Gasteiger partial charge on any atom is 0.151 e. The van der Waals surface area contributed by atoms with Gasteiger partial charge in [0, 0.05) is 5.56 Å². The molecule has 78 valence electrons. The van der Waals surface area contributed by atoms with Crippen molar-refractivity contribution in [2.24, 2.45) is 0 Å². The molecule has 0 saturated heterocycles. The summed E-state index contributed by atoms with van der Waals surface area (Å²) in [6.45, 7) is 3.66. The number of fused-ring (bicyclic) bond motifs is 1. The van der Waals surface area contributed by atoms with Gasteiger partial charge in [-0.05, 0) is 26.0 Å². The number of aldehydes is 1. The van der Waals surface area contributed by atoms with Gasteiger partial charge < -0.3 is 4.74 Å². The maximum absolute atomic E-state index is 11.0. The highest BCUT2D eigenvalue weighted by Crippen LogP contribution is 2.41. The van der Waals surface area contributed by atoms with E-state index in [-0.39, 0.29) is 0 Å². The quantitative estimate of drug-likeness (QED) is 0.683. The van der Waals surface area contributed by atoms with Crippen molar-refractivity contribution >= 4 is 22.9 Å². The molecule has 0 atom stereocenters. The molecule has 0 radical (unpaired) electrons. The van der Waals surface area contributed by atoms with Crippen molar-refractivity contribution in [3.63, 3.8) is 0 Å². The second-order valence-electron chi connectivity index (χ2n) is 3.95. The van der Waals surface area contributed by atoms with Crippen LogP contribution in [-0.2, 0) is 4.79 Å². The van der Waals surface area contributed by atoms with E-state index < -0.39 is 5.60 Å². The highest BCUT2D eigenvalue weighted by Gasteiger charge is 2.33. The van der Waals surface area contributed by atoms with Crippen LogP contribution in [0.15, 0.2) is 29.8 Å². The first-order valence-electron chi connectivity index (χ1n) is 4.70. The van der Waals surface area contributed by atoms with E-state index in [2.05, 4.69) is 0 Å². The zero-order valence-corrected chi connectivity index (χ0v) is 9.34. The Kier molecular flexibility index (Phi) is 2.31. The third-order valence-corrected chi connectivity index (χ3v) is 2.90. The van der Waals surface area contributed by atoms with Crippen LogP contribution in [-0.4, -0.2) is 11.9 Å². The molecule has 0 bridgehead atoms. The van der Waals surface area contributed by atoms with E-state index in [9.17, 15) is 4.79 Å². The Hall–Kier alpha value is -1.28. The van der Waals surface area contributed by atoms with Crippen molar-refractivity contribution in [2.75, 3.05) is 0 Å². The number of hydrogen-bond donors (Lipinski definition) is 0. The van der Waals surface area contributed by atoms with Crippen molar-refractivity contribution in [3.8, 4) is 5.75 Å². The topological polar surface area (TPSA) is 26.3 Å². The van der Waals surface area contributed by atoms with Gasteiger partial charge in [0.1, 0.15) is 11.4 Å². The van der Waals surface area contributed by atoms with Gasteiger partial charge in [0.15, 0.2) is 6.29 Å². The molecule has 1 aliphatic rings. The van der Waals surface area contributed by atoms with Gasteiger partial charge in [-0.25, -0.2) is 0 Å². The average Bonchev–Trinajstić information content (AvgIpc) is 2.17. The van der Waals surface area contributed by atoms with E-state index in [0.717, 1.165) is 17.6 Å². The summed E-state index contributed by atoms with van der Waals surface area (Å²) in [6, 6.07) is 7.44. The molecule has 1 aliphatic heterocycles. The van der Waals surface area contributed by atoms with Crippen molar-refractivity contribution in [1.82, 2.24) is 0 Å². The van der Waals surface area contributed by atoms with Crippen molar-refractivity contribution < 1.29 is 9.53 Å². The predicted molar refractivity (Wildman–Crippen MR) is 60.0 cm³/mol. The molecular formula is C12H11ClO2. The summed E-state index contributed by atoms with van der Waals surface area (Å²) in [5, 5.41) is 0.483. The number of carbonyl (C=O) groups is 1. The lowest BCUT2D eigenvalue weighted by Crippen LogP contribution is -2.34. The molecule has 2 nitrogen and oxygen atoms in total. The maximum atomic E-state index is 11.0. The van der Waals surface area contributed by atoms with Gasteiger partial charge in [-0.15, -0.1) is 0 Å². The Bertz CT molecular complexity index is 447. The van der Waals surface area contributed by atoms with Crippen molar-refractivity contribution in [3.05, 3.63) is 35.4 Å². The number of halogens is 1. The summed E-state index contributed by atoms with van der Waals surface area (Å²) >= 11 is 6.17. The average molecular weight is 223 g/mol. The first-order chi connectivity index (χ1) is 7.06. The summed E-state index contributed by atoms with van der Waals surface area (Å²) in [4.78, 5) is 11.0. The molecule has 0 N–H and O–H groups in total. The molecule has 0 saturated carbocycles. The van der Waals surface area contributed by atoms with Crippen LogP contribution in [0.3, 0.4) is 0 Å². The second-order valence-corrected chi connectivity index (χ2v) is 4.33. The molecule has 0 unspecified atom stereocenters. The van der Waals surface area contributed by atoms with Crippen LogP contribution in [0.5, 0.6) is 5.75 Å². The number of rotatable bonds is 1. The third kappa shape index (κ3) is 1.55. The lowest BCUT2D eigenvalue weighted by atomic mass is 9.93. The Morgan fingerprint density at radius 2 is 2.00 bits per heavy atom. The number of benzene rings is 1. The van der Waals surface area contributed by atoms with Crippen LogP contribution in [0.2, 0.25) is 0 Å². The van der Waals surface area contributed by atoms with E-state index in [0.29, 0.717) is 10.6 Å². The zero-order chi connectivity index (χ0) is 11.1. The molecule has 3 heteroatoms. The number of carbonyl (C=O) groups excluding carboxylic acids is 1. The Balaban J connectivity index is 2.68. The molecule has 0 spiro atoms. The van der Waals surface area contributed by atoms with Crippen molar-refractivity contribution in [2.45, 2.75) is 19.4 Å². The van der Waals surface area contributed by atoms with Gasteiger partial charge in [-0.1, -0.05) is 23.7 Å². The first kappa shape index (κ1) is 10.2. The molecule has 0 amide bonds. The number of para-hydroxylation sites is 1. The standard InChI is InChI=1S/C12H11ClO2/c1-12(2)9(7-14)11(13)8-5-3-4-6-10(8)15-12/h3-7H,1-2H3. The minimum Gasteiger partial charge on any atom is -0.482 e. The molecule has 0 fully saturated rings. The molecule has 2 rings (SSSR count). The number of ether oxygens (including phenoxy) is 1. The van der Waals surface area contributed by atoms with E-state index in [1.54, 1.807) is 0 Å². The Labute approximate surface area is 93.5 Å². The van der Waals surface area contributed by atoms with Crippen molar-refractivity contribution in [1.29, 1.82) is 0 Å². The summed E-state index contributed by atoms with van der Waals surface area (Å²) in [6.07, 6.45) is 0.762. The summed E-state index contributed by atoms with van der Waals surface area (Å²) in [5.74, 6) is 0.720. The normalized spacial score (nSPS) is 18.1. The zero-order valence-electron chi connectivity index (χ0n) is 8.58. The van der Waals surface area contributed by atoms with E-state index >= 15 is 0 Å². The van der Waals surface area contributed by atoms with Crippen LogP contribution in [0.4, 0.5) is 0 Å². The fourth-order valence-electron chi connectivity index (χ4n) is 1.67. The van der Waals surface area contributed by atoms with Crippen LogP contribution < -0.4 is 4.74 Å². The third-order valence-electron chi connectivity index (χ3n) is 2.49. The lowest BCUT2D eigenvalue weighted by Gasteiger charge is -2.32. The lowest BCUT2D eigenvalue weighted by molar-refractivity contribution is -0.106. The highest BCUT2D eigenvalue weighted by molar-refractivity contribution is 6.51. The van der Waals surface area contributed by atoms with Gasteiger partial charge in [0.05, 0.1) is 10.6 Å². The van der Waals surface area contributed by atoms with Gasteiger partial charge in [0.2, 0.25) is 0 Å². The molecule has 1 aromatic rings. The van der Waals surface area contributed by atoms with Gasteiger partial charge >= 0.3 is 0 Å². The molecule has 0 aliphatic carbocycles. The van der Waals surface area contributed by atoms with E-state index in [4.69, 9.17) is 16.3 Å². The molecule has 1 aromatic carbocycles. The second kappa shape index (κ2) is 3.38. The summed E-state index contributed by atoms with van der Waals surface area (Å²) < 4.78 is 5.72. The Morgan fingerprint density at radius 3 is 2.67 bits per heavy atom. The fourth-order valence-corrected chi connectivity index (χ4v) is 2.10. The van der Waals surface area contributed by atoms with E-state index in [1.165, 1.54) is 0 Å². The van der Waals surface area contributed by atoms with Gasteiger partial charge in [-0.3, -0.25) is 4.79 Å². The SMILES string of the molecule is CC1(C)Oc2ccccc2C(Cl)=C1C=O. The largest absolute Gasteiger partial charge is 0.482 e. The molecule has 1 heterocycles. The van der Waals surface area contributed by atoms with Crippen LogP contribution in [0.25, 0.3) is 5.03 Å². The first-order valence-corrected chi connectivity index (χ1v) is 5.08. The van der Waals surface area contributed by atoms with Crippen LogP contribution in [0, 0.1) is 0 Å². The smallest absolute Gasteiger partial charge is 0.151 e. The minimum atomic E-state index is -0.660. The van der Waals surface area contributed by atoms with E-state index in [1.807, 2.05) is 38.1 Å². The minimum absolute atomic E-state index is 0.483. The molecule has 0 aromatic heterocycles. The fraction of sp³-hybridized carbons (Fsp3) is 0.250.